The van der Waals surface area contributed by atoms with Crippen molar-refractivity contribution >= 4 is 15.9 Å². The number of hydrogen-bond acceptors (Lipinski definition) is 4. The quantitative estimate of drug-likeness (QED) is 0.753. The second kappa shape index (κ2) is 6.02. The Hall–Kier alpha value is -1.92. The van der Waals surface area contributed by atoms with Gasteiger partial charge in [0.25, 0.3) is 0 Å². The van der Waals surface area contributed by atoms with Gasteiger partial charge in [0.15, 0.2) is 12.2 Å². The number of aromatic nitrogens is 3. The van der Waals surface area contributed by atoms with Crippen molar-refractivity contribution in [3.05, 3.63) is 58.8 Å². The molecule has 0 saturated carbocycles. The normalized spacial score (nSPS) is 10.8. The molecule has 2 heterocycles. The Labute approximate surface area is 124 Å². The van der Waals surface area contributed by atoms with E-state index in [4.69, 9.17) is 4.42 Å². The molecule has 102 valence electrons. The SMILES string of the molecule is Brc1cn[nH]c1CNCc1ccc(-c2cnco2)cc1. The van der Waals surface area contributed by atoms with Crippen LogP contribution in [0.15, 0.2) is 51.9 Å². The van der Waals surface area contributed by atoms with E-state index in [2.05, 4.69) is 48.6 Å². The van der Waals surface area contributed by atoms with Crippen LogP contribution < -0.4 is 5.32 Å². The van der Waals surface area contributed by atoms with Crippen LogP contribution in [0.3, 0.4) is 0 Å². The van der Waals surface area contributed by atoms with Crippen LogP contribution in [0, 0.1) is 0 Å². The Morgan fingerprint density at radius 1 is 1.15 bits per heavy atom. The summed E-state index contributed by atoms with van der Waals surface area (Å²) in [5.74, 6) is 0.783. The molecule has 2 aromatic heterocycles. The molecule has 5 nitrogen and oxygen atoms in total. The summed E-state index contributed by atoms with van der Waals surface area (Å²) in [6, 6.07) is 8.22. The molecular formula is C14H13BrN4O. The van der Waals surface area contributed by atoms with E-state index in [0.717, 1.165) is 34.6 Å². The molecule has 20 heavy (non-hydrogen) atoms. The van der Waals surface area contributed by atoms with E-state index in [0.29, 0.717) is 0 Å². The van der Waals surface area contributed by atoms with Gasteiger partial charge in [-0.05, 0) is 21.5 Å². The maximum absolute atomic E-state index is 5.26. The summed E-state index contributed by atoms with van der Waals surface area (Å²) in [6.07, 6.45) is 4.90. The number of halogens is 1. The highest BCUT2D eigenvalue weighted by Crippen LogP contribution is 2.19. The molecule has 0 aliphatic heterocycles. The lowest BCUT2D eigenvalue weighted by atomic mass is 10.1. The van der Waals surface area contributed by atoms with Crippen LogP contribution in [0.2, 0.25) is 0 Å². The van der Waals surface area contributed by atoms with Crippen molar-refractivity contribution in [1.29, 1.82) is 0 Å². The van der Waals surface area contributed by atoms with Gasteiger partial charge in [-0.25, -0.2) is 4.98 Å². The van der Waals surface area contributed by atoms with Gasteiger partial charge >= 0.3 is 0 Å². The van der Waals surface area contributed by atoms with Gasteiger partial charge in [0, 0.05) is 18.7 Å². The van der Waals surface area contributed by atoms with Crippen molar-refractivity contribution in [3.8, 4) is 11.3 Å². The standard InChI is InChI=1S/C14H13BrN4O/c15-12-6-18-19-13(12)7-16-5-10-1-3-11(4-2-10)14-8-17-9-20-14/h1-4,6,8-9,16H,5,7H2,(H,18,19). The summed E-state index contributed by atoms with van der Waals surface area (Å²) in [4.78, 5) is 3.91. The molecule has 0 aliphatic rings. The molecule has 0 radical (unpaired) electrons. The average Bonchev–Trinajstić information content (AvgIpc) is 3.12. The lowest BCUT2D eigenvalue weighted by Crippen LogP contribution is -2.13. The average molecular weight is 333 g/mol. The predicted octanol–water partition coefficient (Wildman–Crippen LogP) is 3.12. The molecule has 2 N–H and O–H groups in total. The van der Waals surface area contributed by atoms with Crippen molar-refractivity contribution in [2.45, 2.75) is 13.1 Å². The van der Waals surface area contributed by atoms with Gasteiger partial charge in [-0.1, -0.05) is 24.3 Å². The van der Waals surface area contributed by atoms with Gasteiger partial charge < -0.3 is 9.73 Å². The van der Waals surface area contributed by atoms with Crippen molar-refractivity contribution in [1.82, 2.24) is 20.5 Å². The number of H-pyrrole nitrogens is 1. The van der Waals surface area contributed by atoms with E-state index < -0.39 is 0 Å². The van der Waals surface area contributed by atoms with Crippen molar-refractivity contribution in [2.75, 3.05) is 0 Å². The first-order valence-corrected chi connectivity index (χ1v) is 6.98. The summed E-state index contributed by atoms with van der Waals surface area (Å²) in [5, 5.41) is 10.3. The first kappa shape index (κ1) is 13.1. The Balaban J connectivity index is 1.57. The first-order chi connectivity index (χ1) is 9.83. The Morgan fingerprint density at radius 2 is 2.00 bits per heavy atom. The van der Waals surface area contributed by atoms with Crippen LogP contribution in [0.5, 0.6) is 0 Å². The molecule has 0 spiro atoms. The fourth-order valence-corrected chi connectivity index (χ4v) is 2.23. The Morgan fingerprint density at radius 3 is 2.65 bits per heavy atom. The number of hydrogen-bond donors (Lipinski definition) is 2. The minimum absolute atomic E-state index is 0.741. The molecule has 1 aromatic carbocycles. The van der Waals surface area contributed by atoms with E-state index in [-0.39, 0.29) is 0 Å². The number of benzene rings is 1. The van der Waals surface area contributed by atoms with E-state index in [1.807, 2.05) is 12.1 Å². The third-order valence-electron chi connectivity index (χ3n) is 2.97. The van der Waals surface area contributed by atoms with Crippen LogP contribution >= 0.6 is 15.9 Å². The van der Waals surface area contributed by atoms with Crippen molar-refractivity contribution < 1.29 is 4.42 Å². The van der Waals surface area contributed by atoms with Gasteiger partial charge in [0.2, 0.25) is 0 Å². The highest BCUT2D eigenvalue weighted by Gasteiger charge is 2.03. The van der Waals surface area contributed by atoms with Crippen LogP contribution in [-0.4, -0.2) is 15.2 Å². The van der Waals surface area contributed by atoms with E-state index in [9.17, 15) is 0 Å². The summed E-state index contributed by atoms with van der Waals surface area (Å²) < 4.78 is 6.25. The molecule has 0 saturated heterocycles. The number of nitrogens with zero attached hydrogens (tertiary/aromatic N) is 2. The van der Waals surface area contributed by atoms with Crippen molar-refractivity contribution in [2.24, 2.45) is 0 Å². The monoisotopic (exact) mass is 332 g/mol. The molecular weight excluding hydrogens is 320 g/mol. The largest absolute Gasteiger partial charge is 0.444 e. The smallest absolute Gasteiger partial charge is 0.181 e. The summed E-state index contributed by atoms with van der Waals surface area (Å²) >= 11 is 3.43. The first-order valence-electron chi connectivity index (χ1n) is 6.19. The summed E-state index contributed by atoms with van der Waals surface area (Å²) in [5.41, 5.74) is 3.29. The molecule has 0 aliphatic carbocycles. The van der Waals surface area contributed by atoms with E-state index in [1.54, 1.807) is 12.4 Å². The van der Waals surface area contributed by atoms with Gasteiger partial charge in [-0.2, -0.15) is 5.10 Å². The number of nitrogens with one attached hydrogen (secondary N) is 2. The molecule has 0 atom stereocenters. The fraction of sp³-hybridized carbons (Fsp3) is 0.143. The topological polar surface area (TPSA) is 66.7 Å². The van der Waals surface area contributed by atoms with Crippen LogP contribution in [0.1, 0.15) is 11.3 Å². The fourth-order valence-electron chi connectivity index (χ4n) is 1.90. The van der Waals surface area contributed by atoms with Gasteiger partial charge in [-0.3, -0.25) is 5.10 Å². The zero-order valence-corrected chi connectivity index (χ0v) is 12.2. The minimum Gasteiger partial charge on any atom is -0.444 e. The zero-order chi connectivity index (χ0) is 13.8. The van der Waals surface area contributed by atoms with Gasteiger partial charge in [0.1, 0.15) is 0 Å². The second-order valence-corrected chi connectivity index (χ2v) is 5.22. The predicted molar refractivity (Wildman–Crippen MR) is 78.8 cm³/mol. The number of aromatic amines is 1. The molecule has 3 rings (SSSR count). The van der Waals surface area contributed by atoms with Gasteiger partial charge in [-0.15, -0.1) is 0 Å². The molecule has 0 bridgehead atoms. The summed E-state index contributed by atoms with van der Waals surface area (Å²) in [6.45, 7) is 1.53. The molecule has 6 heteroatoms. The summed E-state index contributed by atoms with van der Waals surface area (Å²) in [7, 11) is 0. The third kappa shape index (κ3) is 2.97. The van der Waals surface area contributed by atoms with Gasteiger partial charge in [0.05, 0.1) is 22.6 Å². The van der Waals surface area contributed by atoms with Crippen LogP contribution in [-0.2, 0) is 13.1 Å². The third-order valence-corrected chi connectivity index (χ3v) is 3.65. The maximum atomic E-state index is 5.26. The highest BCUT2D eigenvalue weighted by atomic mass is 79.9. The molecule has 0 fully saturated rings. The molecule has 0 unspecified atom stereocenters. The van der Waals surface area contributed by atoms with Crippen LogP contribution in [0.25, 0.3) is 11.3 Å². The second-order valence-electron chi connectivity index (χ2n) is 4.36. The van der Waals surface area contributed by atoms with Crippen molar-refractivity contribution in [3.63, 3.8) is 0 Å². The highest BCUT2D eigenvalue weighted by molar-refractivity contribution is 9.10. The Kier molecular flexibility index (Phi) is 3.94. The number of rotatable bonds is 5. The minimum atomic E-state index is 0.741. The maximum Gasteiger partial charge on any atom is 0.181 e. The van der Waals surface area contributed by atoms with E-state index >= 15 is 0 Å². The Bertz CT molecular complexity index is 661. The zero-order valence-electron chi connectivity index (χ0n) is 10.6. The lowest BCUT2D eigenvalue weighted by Gasteiger charge is -2.05. The molecule has 3 aromatic rings. The van der Waals surface area contributed by atoms with Crippen LogP contribution in [0.4, 0.5) is 0 Å². The van der Waals surface area contributed by atoms with E-state index in [1.165, 1.54) is 12.0 Å². The number of oxazole rings is 1. The lowest BCUT2D eigenvalue weighted by molar-refractivity contribution is 0.572. The molecule has 0 amide bonds.